The minimum Gasteiger partial charge on any atom is -0.325 e. The number of anilines is 1. The monoisotopic (exact) mass is 305 g/mol. The van der Waals surface area contributed by atoms with Gasteiger partial charge in [-0.25, -0.2) is 4.98 Å². The molecule has 0 bridgehead atoms. The number of hydrogen-bond acceptors (Lipinski definition) is 3. The van der Waals surface area contributed by atoms with Crippen LogP contribution in [0.25, 0.3) is 0 Å². The molecule has 0 unspecified atom stereocenters. The van der Waals surface area contributed by atoms with Crippen LogP contribution in [0.5, 0.6) is 0 Å². The molecule has 1 amide bonds. The van der Waals surface area contributed by atoms with Gasteiger partial charge in [-0.05, 0) is 42.0 Å². The quantitative estimate of drug-likeness (QED) is 0.649. The maximum absolute atomic E-state index is 11.5. The number of nitrogens with zero attached hydrogens (tertiary/aromatic N) is 1. The van der Waals surface area contributed by atoms with Gasteiger partial charge in [0.05, 0.1) is 16.4 Å². The van der Waals surface area contributed by atoms with E-state index in [0.717, 1.165) is 13.0 Å². The Balaban J connectivity index is 2.46. The summed E-state index contributed by atoms with van der Waals surface area (Å²) >= 11 is 8.98. The summed E-state index contributed by atoms with van der Waals surface area (Å²) in [5.41, 5.74) is 0.644. The Morgan fingerprint density at radius 2 is 2.38 bits per heavy atom. The second-order valence-corrected chi connectivity index (χ2v) is 4.46. The van der Waals surface area contributed by atoms with E-state index in [-0.39, 0.29) is 5.91 Å². The molecule has 0 aliphatic carbocycles. The normalized spacial score (nSPS) is 10.2. The van der Waals surface area contributed by atoms with E-state index in [9.17, 15) is 4.79 Å². The van der Waals surface area contributed by atoms with Crippen molar-refractivity contribution in [2.24, 2.45) is 0 Å². The predicted molar refractivity (Wildman–Crippen MR) is 68.7 cm³/mol. The molecule has 1 rings (SSSR count). The van der Waals surface area contributed by atoms with Gasteiger partial charge < -0.3 is 10.6 Å². The van der Waals surface area contributed by atoms with Crippen LogP contribution >= 0.6 is 27.5 Å². The molecule has 88 valence electrons. The Bertz CT molecular complexity index is 373. The number of hydrogen-bond donors (Lipinski definition) is 2. The van der Waals surface area contributed by atoms with Gasteiger partial charge >= 0.3 is 0 Å². The molecule has 0 saturated heterocycles. The molecule has 1 aromatic rings. The zero-order valence-electron chi connectivity index (χ0n) is 8.89. The summed E-state index contributed by atoms with van der Waals surface area (Å²) in [5, 5.41) is 6.12. The third kappa shape index (κ3) is 4.47. The number of nitrogens with one attached hydrogen (secondary N) is 2. The third-order valence-corrected chi connectivity index (χ3v) is 3.04. The first-order chi connectivity index (χ1) is 7.63. The van der Waals surface area contributed by atoms with Crippen LogP contribution in [0.2, 0.25) is 5.15 Å². The summed E-state index contributed by atoms with van der Waals surface area (Å²) in [6, 6.07) is 1.73. The number of carbonyl (C=O) groups excluding carboxylic acids is 1. The molecule has 0 aromatic carbocycles. The fourth-order valence-electron chi connectivity index (χ4n) is 1.14. The molecule has 1 heterocycles. The van der Waals surface area contributed by atoms with E-state index in [1.54, 1.807) is 6.07 Å². The van der Waals surface area contributed by atoms with Gasteiger partial charge in [-0.2, -0.15) is 0 Å². The van der Waals surface area contributed by atoms with Crippen molar-refractivity contribution in [3.63, 3.8) is 0 Å². The van der Waals surface area contributed by atoms with E-state index < -0.39 is 0 Å². The van der Waals surface area contributed by atoms with E-state index in [0.29, 0.717) is 21.7 Å². The van der Waals surface area contributed by atoms with Crippen molar-refractivity contribution in [2.45, 2.75) is 12.8 Å². The van der Waals surface area contributed by atoms with Crippen molar-refractivity contribution >= 4 is 39.1 Å². The van der Waals surface area contributed by atoms with Gasteiger partial charge in [0.1, 0.15) is 5.15 Å². The molecule has 0 spiro atoms. The number of amides is 1. The molecule has 0 radical (unpaired) electrons. The van der Waals surface area contributed by atoms with Gasteiger partial charge in [0, 0.05) is 6.42 Å². The Hall–Kier alpha value is -0.650. The van der Waals surface area contributed by atoms with Gasteiger partial charge in [-0.1, -0.05) is 11.6 Å². The minimum atomic E-state index is -0.0220. The maximum Gasteiger partial charge on any atom is 0.224 e. The smallest absolute Gasteiger partial charge is 0.224 e. The molecular formula is C10H13BrClN3O. The predicted octanol–water partition coefficient (Wildman–Crippen LogP) is 2.44. The maximum atomic E-state index is 11.5. The number of aromatic nitrogens is 1. The molecule has 0 aliphatic rings. The van der Waals surface area contributed by atoms with Crippen LogP contribution in [-0.4, -0.2) is 24.5 Å². The summed E-state index contributed by atoms with van der Waals surface area (Å²) in [4.78, 5) is 15.4. The van der Waals surface area contributed by atoms with Crippen LogP contribution in [0.1, 0.15) is 12.8 Å². The Morgan fingerprint density at radius 1 is 1.62 bits per heavy atom. The average molecular weight is 307 g/mol. The SMILES string of the molecule is CNCCCC(=O)Nc1cnc(Cl)c(Br)c1. The first-order valence-corrected chi connectivity index (χ1v) is 6.06. The van der Waals surface area contributed by atoms with Crippen LogP contribution in [0.15, 0.2) is 16.7 Å². The summed E-state index contributed by atoms with van der Waals surface area (Å²) in [6.45, 7) is 0.829. The van der Waals surface area contributed by atoms with Crippen LogP contribution in [0.4, 0.5) is 5.69 Å². The van der Waals surface area contributed by atoms with E-state index in [4.69, 9.17) is 11.6 Å². The van der Waals surface area contributed by atoms with Gasteiger partial charge in [0.15, 0.2) is 0 Å². The Kier molecular flexibility index (Phi) is 5.73. The van der Waals surface area contributed by atoms with Crippen molar-refractivity contribution in [3.8, 4) is 0 Å². The molecule has 16 heavy (non-hydrogen) atoms. The second kappa shape index (κ2) is 6.83. The fraction of sp³-hybridized carbons (Fsp3) is 0.400. The van der Waals surface area contributed by atoms with Crippen LogP contribution in [-0.2, 0) is 4.79 Å². The van der Waals surface area contributed by atoms with E-state index in [2.05, 4.69) is 31.5 Å². The summed E-state index contributed by atoms with van der Waals surface area (Å²) in [7, 11) is 1.86. The average Bonchev–Trinajstić information content (AvgIpc) is 2.24. The first kappa shape index (κ1) is 13.4. The lowest BCUT2D eigenvalue weighted by molar-refractivity contribution is -0.116. The van der Waals surface area contributed by atoms with Crippen LogP contribution in [0.3, 0.4) is 0 Å². The minimum absolute atomic E-state index is 0.0220. The highest BCUT2D eigenvalue weighted by molar-refractivity contribution is 9.10. The van der Waals surface area contributed by atoms with Gasteiger partial charge in [-0.3, -0.25) is 4.79 Å². The summed E-state index contributed by atoms with van der Waals surface area (Å²) in [5.74, 6) is -0.0220. The zero-order valence-corrected chi connectivity index (χ0v) is 11.2. The van der Waals surface area contributed by atoms with Gasteiger partial charge in [0.2, 0.25) is 5.91 Å². The van der Waals surface area contributed by atoms with E-state index in [1.165, 1.54) is 6.20 Å². The van der Waals surface area contributed by atoms with Gasteiger partial charge in [0.25, 0.3) is 0 Å². The Morgan fingerprint density at radius 3 is 3.00 bits per heavy atom. The van der Waals surface area contributed by atoms with E-state index >= 15 is 0 Å². The van der Waals surface area contributed by atoms with Crippen molar-refractivity contribution in [2.75, 3.05) is 18.9 Å². The lowest BCUT2D eigenvalue weighted by Gasteiger charge is -2.05. The molecule has 1 aromatic heterocycles. The number of carbonyl (C=O) groups is 1. The van der Waals surface area contributed by atoms with E-state index in [1.807, 2.05) is 7.05 Å². The molecule has 2 N–H and O–H groups in total. The third-order valence-electron chi connectivity index (χ3n) is 1.91. The Labute approximate surface area is 108 Å². The fourth-order valence-corrected chi connectivity index (χ4v) is 1.59. The molecule has 0 aliphatic heterocycles. The highest BCUT2D eigenvalue weighted by Crippen LogP contribution is 2.22. The number of rotatable bonds is 5. The van der Waals surface area contributed by atoms with Crippen molar-refractivity contribution in [1.82, 2.24) is 10.3 Å². The summed E-state index contributed by atoms with van der Waals surface area (Å²) < 4.78 is 0.669. The lowest BCUT2D eigenvalue weighted by Crippen LogP contribution is -2.15. The lowest BCUT2D eigenvalue weighted by atomic mass is 10.3. The number of pyridine rings is 1. The molecule has 0 saturated carbocycles. The highest BCUT2D eigenvalue weighted by atomic mass is 79.9. The van der Waals surface area contributed by atoms with Crippen LogP contribution < -0.4 is 10.6 Å². The van der Waals surface area contributed by atoms with Gasteiger partial charge in [-0.15, -0.1) is 0 Å². The highest BCUT2D eigenvalue weighted by Gasteiger charge is 2.04. The van der Waals surface area contributed by atoms with Crippen molar-refractivity contribution in [3.05, 3.63) is 21.9 Å². The molecule has 6 heteroatoms. The largest absolute Gasteiger partial charge is 0.325 e. The molecular weight excluding hydrogens is 293 g/mol. The topological polar surface area (TPSA) is 54.0 Å². The number of halogens is 2. The van der Waals surface area contributed by atoms with Crippen LogP contribution in [0, 0.1) is 0 Å². The standard InChI is InChI=1S/C10H13BrClN3O/c1-13-4-2-3-9(16)15-7-5-8(11)10(12)14-6-7/h5-6,13H,2-4H2,1H3,(H,15,16). The van der Waals surface area contributed by atoms with Crippen molar-refractivity contribution < 1.29 is 4.79 Å². The molecule has 0 atom stereocenters. The summed E-state index contributed by atoms with van der Waals surface area (Å²) in [6.07, 6.45) is 2.83. The first-order valence-electron chi connectivity index (χ1n) is 4.89. The molecule has 4 nitrogen and oxygen atoms in total. The molecule has 0 fully saturated rings. The van der Waals surface area contributed by atoms with Crippen molar-refractivity contribution in [1.29, 1.82) is 0 Å². The zero-order chi connectivity index (χ0) is 12.0. The second-order valence-electron chi connectivity index (χ2n) is 3.25.